The molecule has 0 unspecified atom stereocenters. The number of amides is 3. The van der Waals surface area contributed by atoms with Crippen molar-refractivity contribution in [3.05, 3.63) is 53.1 Å². The normalized spacial score (nSPS) is 17.0. The second kappa shape index (κ2) is 10.9. The van der Waals surface area contributed by atoms with Crippen LogP contribution < -0.4 is 14.5 Å². The molecule has 2 aliphatic rings. The molecule has 4 rings (SSSR count). The molecule has 2 heterocycles. The molecule has 0 aromatic heterocycles. The lowest BCUT2D eigenvalue weighted by atomic mass is 10.0. The third-order valence-corrected chi connectivity index (χ3v) is 6.75. The summed E-state index contributed by atoms with van der Waals surface area (Å²) in [6.07, 6.45) is 4.86. The average Bonchev–Trinajstić information content (AvgIpc) is 2.85. The third kappa shape index (κ3) is 5.48. The Morgan fingerprint density at radius 2 is 1.71 bits per heavy atom. The van der Waals surface area contributed by atoms with Crippen molar-refractivity contribution < 1.29 is 24.2 Å². The minimum absolute atomic E-state index is 0.0117. The number of hydrogen-bond acceptors (Lipinski definition) is 5. The highest BCUT2D eigenvalue weighted by molar-refractivity contribution is 6.01. The molecule has 0 saturated heterocycles. The molecule has 0 fully saturated rings. The van der Waals surface area contributed by atoms with Gasteiger partial charge in [0.25, 0.3) is 11.8 Å². The number of anilines is 2. The first kappa shape index (κ1) is 24.7. The van der Waals surface area contributed by atoms with E-state index in [2.05, 4.69) is 0 Å². The Kier molecular flexibility index (Phi) is 7.70. The highest BCUT2D eigenvalue weighted by atomic mass is 16.5. The molecule has 2 aromatic rings. The average molecular weight is 480 g/mol. The van der Waals surface area contributed by atoms with Gasteiger partial charge in [-0.2, -0.15) is 0 Å². The quantitative estimate of drug-likeness (QED) is 0.712. The van der Waals surface area contributed by atoms with Gasteiger partial charge < -0.3 is 24.5 Å². The van der Waals surface area contributed by atoms with Gasteiger partial charge in [0.2, 0.25) is 5.91 Å². The van der Waals surface area contributed by atoms with Crippen molar-refractivity contribution in [3.63, 3.8) is 0 Å². The molecule has 1 N–H and O–H groups in total. The van der Waals surface area contributed by atoms with Crippen LogP contribution in [0.15, 0.2) is 36.4 Å². The molecule has 0 saturated carbocycles. The number of carbonyl (C=O) groups excluding carboxylic acids is 3. The van der Waals surface area contributed by atoms with Gasteiger partial charge in [0.1, 0.15) is 5.75 Å². The van der Waals surface area contributed by atoms with Crippen LogP contribution in [0.4, 0.5) is 11.4 Å². The zero-order chi connectivity index (χ0) is 24.9. The van der Waals surface area contributed by atoms with Crippen molar-refractivity contribution in [1.82, 2.24) is 4.90 Å². The van der Waals surface area contributed by atoms with Crippen LogP contribution in [0.3, 0.4) is 0 Å². The van der Waals surface area contributed by atoms with Crippen LogP contribution in [-0.2, 0) is 22.7 Å². The summed E-state index contributed by atoms with van der Waals surface area (Å²) in [5.41, 5.74) is 3.39. The summed E-state index contributed by atoms with van der Waals surface area (Å²) in [5.74, 6) is 0.226. The molecule has 35 heavy (non-hydrogen) atoms. The Hall–Kier alpha value is -3.39. The maximum absolute atomic E-state index is 13.7. The number of rotatable bonds is 2. The number of benzene rings is 2. The second-order valence-corrected chi connectivity index (χ2v) is 9.21. The van der Waals surface area contributed by atoms with Crippen molar-refractivity contribution in [1.29, 1.82) is 0 Å². The molecule has 0 atom stereocenters. The van der Waals surface area contributed by atoms with Crippen LogP contribution in [0.5, 0.6) is 5.75 Å². The number of hydrogen-bond donors (Lipinski definition) is 1. The lowest BCUT2D eigenvalue weighted by Crippen LogP contribution is -2.36. The van der Waals surface area contributed by atoms with E-state index >= 15 is 0 Å². The summed E-state index contributed by atoms with van der Waals surface area (Å²) in [4.78, 5) is 43.4. The van der Waals surface area contributed by atoms with Crippen molar-refractivity contribution in [2.45, 2.75) is 52.2 Å². The van der Waals surface area contributed by atoms with Gasteiger partial charge in [0, 0.05) is 44.9 Å². The molecule has 0 radical (unpaired) electrons. The monoisotopic (exact) mass is 479 g/mol. The van der Waals surface area contributed by atoms with Crippen LogP contribution >= 0.6 is 0 Å². The molecule has 0 spiro atoms. The van der Waals surface area contributed by atoms with Crippen molar-refractivity contribution >= 4 is 29.1 Å². The van der Waals surface area contributed by atoms with Gasteiger partial charge in [-0.25, -0.2) is 0 Å². The predicted octanol–water partition coefficient (Wildman–Crippen LogP) is 3.49. The van der Waals surface area contributed by atoms with E-state index in [-0.39, 0.29) is 30.9 Å². The summed E-state index contributed by atoms with van der Waals surface area (Å²) in [5, 5.41) is 9.69. The molecule has 8 nitrogen and oxygen atoms in total. The van der Waals surface area contributed by atoms with E-state index in [0.29, 0.717) is 36.6 Å². The van der Waals surface area contributed by atoms with Crippen LogP contribution in [0.25, 0.3) is 0 Å². The Balaban J connectivity index is 1.69. The largest absolute Gasteiger partial charge is 0.482 e. The van der Waals surface area contributed by atoms with Crippen LogP contribution in [-0.4, -0.2) is 54.5 Å². The fourth-order valence-corrected chi connectivity index (χ4v) is 4.69. The summed E-state index contributed by atoms with van der Waals surface area (Å²) >= 11 is 0. The van der Waals surface area contributed by atoms with E-state index < -0.39 is 0 Å². The van der Waals surface area contributed by atoms with Crippen LogP contribution in [0.1, 0.15) is 60.5 Å². The van der Waals surface area contributed by atoms with Gasteiger partial charge in [-0.05, 0) is 48.2 Å². The zero-order valence-electron chi connectivity index (χ0n) is 20.5. The SMILES string of the molecule is CC(=O)N1CCCCCCCN(C(=O)c2ccc3c(c2)N(C)C(=O)CO3)Cc2ccc(CO)cc21. The number of carbonyl (C=O) groups is 3. The number of ether oxygens (including phenoxy) is 1. The lowest BCUT2D eigenvalue weighted by Gasteiger charge is -2.30. The Labute approximate surface area is 206 Å². The fraction of sp³-hybridized carbons (Fsp3) is 0.444. The van der Waals surface area contributed by atoms with Gasteiger partial charge in [-0.15, -0.1) is 0 Å². The fourth-order valence-electron chi connectivity index (χ4n) is 4.69. The van der Waals surface area contributed by atoms with E-state index in [0.717, 1.165) is 48.9 Å². The minimum Gasteiger partial charge on any atom is -0.482 e. The zero-order valence-corrected chi connectivity index (χ0v) is 20.5. The molecular weight excluding hydrogens is 446 g/mol. The molecular formula is C27H33N3O5. The van der Waals surface area contributed by atoms with E-state index in [1.165, 1.54) is 4.90 Å². The molecule has 8 heteroatoms. The smallest absolute Gasteiger partial charge is 0.264 e. The Bertz CT molecular complexity index is 1120. The van der Waals surface area contributed by atoms with E-state index in [4.69, 9.17) is 4.74 Å². The first-order valence-corrected chi connectivity index (χ1v) is 12.2. The lowest BCUT2D eigenvalue weighted by molar-refractivity contribution is -0.121. The summed E-state index contributed by atoms with van der Waals surface area (Å²) in [6, 6.07) is 10.8. The Morgan fingerprint density at radius 3 is 2.46 bits per heavy atom. The van der Waals surface area contributed by atoms with Gasteiger partial charge in [0.15, 0.2) is 6.61 Å². The highest BCUT2D eigenvalue weighted by Gasteiger charge is 2.26. The maximum atomic E-state index is 13.7. The highest BCUT2D eigenvalue weighted by Crippen LogP contribution is 2.33. The minimum atomic E-state index is -0.161. The molecule has 0 bridgehead atoms. The number of likely N-dealkylation sites (N-methyl/N-ethyl adjacent to an activating group) is 1. The van der Waals surface area contributed by atoms with Crippen LogP contribution in [0, 0.1) is 0 Å². The first-order chi connectivity index (χ1) is 16.9. The summed E-state index contributed by atoms with van der Waals surface area (Å²) in [7, 11) is 1.68. The molecule has 186 valence electrons. The summed E-state index contributed by atoms with van der Waals surface area (Å²) < 4.78 is 5.51. The summed E-state index contributed by atoms with van der Waals surface area (Å²) in [6.45, 7) is 2.95. The van der Waals surface area contributed by atoms with Crippen LogP contribution in [0.2, 0.25) is 0 Å². The number of aliphatic hydroxyl groups excluding tert-OH is 1. The second-order valence-electron chi connectivity index (χ2n) is 9.21. The number of aliphatic hydroxyl groups is 1. The van der Waals surface area contributed by atoms with Crippen molar-refractivity contribution in [2.75, 3.05) is 36.5 Å². The number of fused-ring (bicyclic) bond motifs is 2. The van der Waals surface area contributed by atoms with Gasteiger partial charge in [-0.1, -0.05) is 31.4 Å². The van der Waals surface area contributed by atoms with E-state index in [1.54, 1.807) is 37.1 Å². The predicted molar refractivity (Wildman–Crippen MR) is 134 cm³/mol. The third-order valence-electron chi connectivity index (χ3n) is 6.75. The van der Waals surface area contributed by atoms with Gasteiger partial charge >= 0.3 is 0 Å². The van der Waals surface area contributed by atoms with Crippen molar-refractivity contribution in [2.24, 2.45) is 0 Å². The van der Waals surface area contributed by atoms with E-state index in [9.17, 15) is 19.5 Å². The molecule has 3 amide bonds. The van der Waals surface area contributed by atoms with Gasteiger partial charge in [0.05, 0.1) is 12.3 Å². The van der Waals surface area contributed by atoms with E-state index in [1.807, 2.05) is 23.1 Å². The molecule has 2 aromatic carbocycles. The maximum Gasteiger partial charge on any atom is 0.264 e. The van der Waals surface area contributed by atoms with Crippen molar-refractivity contribution in [3.8, 4) is 5.75 Å². The Morgan fingerprint density at radius 1 is 0.971 bits per heavy atom. The van der Waals surface area contributed by atoms with Gasteiger partial charge in [-0.3, -0.25) is 14.4 Å². The topological polar surface area (TPSA) is 90.4 Å². The number of nitrogens with zero attached hydrogens (tertiary/aromatic N) is 3. The standard InChI is InChI=1S/C27H33N3O5/c1-19(32)30-13-7-5-3-4-6-12-29(16-22-9-8-20(17-31)14-23(22)30)27(34)21-10-11-25-24(15-21)28(2)26(33)18-35-25/h8-11,14-15,31H,3-7,12-13,16-18H2,1-2H3. The molecule has 0 aliphatic carbocycles. The molecule has 2 aliphatic heterocycles. The first-order valence-electron chi connectivity index (χ1n) is 12.2.